The van der Waals surface area contributed by atoms with E-state index < -0.39 is 0 Å². The maximum atomic E-state index is 11.9. The number of amides is 1. The Kier molecular flexibility index (Phi) is 5.81. The first-order valence-electron chi connectivity index (χ1n) is 6.64. The van der Waals surface area contributed by atoms with E-state index in [0.717, 1.165) is 31.8 Å². The molecule has 1 rings (SSSR count). The van der Waals surface area contributed by atoms with Crippen molar-refractivity contribution in [2.45, 2.75) is 52.5 Å². The first-order valence-corrected chi connectivity index (χ1v) is 6.64. The molecule has 0 saturated carbocycles. The van der Waals surface area contributed by atoms with Gasteiger partial charge in [-0.1, -0.05) is 27.2 Å². The van der Waals surface area contributed by atoms with Crippen LogP contribution in [0.15, 0.2) is 0 Å². The summed E-state index contributed by atoms with van der Waals surface area (Å²) in [5.41, 5.74) is 0. The van der Waals surface area contributed by atoms with E-state index >= 15 is 0 Å². The molecule has 2 N–H and O–H groups in total. The summed E-state index contributed by atoms with van der Waals surface area (Å²) in [6, 6.07) is 0.0471. The lowest BCUT2D eigenvalue weighted by Crippen LogP contribution is -2.48. The minimum absolute atomic E-state index is 0.0471. The number of rotatable bonds is 5. The van der Waals surface area contributed by atoms with E-state index in [1.165, 1.54) is 12.8 Å². The monoisotopic (exact) mass is 226 g/mol. The molecule has 1 aliphatic heterocycles. The van der Waals surface area contributed by atoms with Gasteiger partial charge < -0.3 is 10.6 Å². The molecule has 1 aliphatic rings. The van der Waals surface area contributed by atoms with E-state index in [4.69, 9.17) is 0 Å². The second-order valence-corrected chi connectivity index (χ2v) is 5.28. The molecule has 1 heterocycles. The Hall–Kier alpha value is -0.570. The van der Waals surface area contributed by atoms with Crippen LogP contribution in [-0.2, 0) is 4.79 Å². The van der Waals surface area contributed by atoms with Gasteiger partial charge in [0, 0.05) is 6.54 Å². The average molecular weight is 226 g/mol. The van der Waals surface area contributed by atoms with Crippen molar-refractivity contribution in [3.05, 3.63) is 0 Å². The van der Waals surface area contributed by atoms with Gasteiger partial charge in [0.05, 0.1) is 6.04 Å². The van der Waals surface area contributed by atoms with E-state index in [9.17, 15) is 4.79 Å². The van der Waals surface area contributed by atoms with Crippen LogP contribution in [0, 0.1) is 11.8 Å². The quantitative estimate of drug-likeness (QED) is 0.752. The molecule has 0 spiro atoms. The Morgan fingerprint density at radius 1 is 1.50 bits per heavy atom. The minimum atomic E-state index is 0.0471. The summed E-state index contributed by atoms with van der Waals surface area (Å²) in [7, 11) is 0. The molecular weight excluding hydrogens is 200 g/mol. The van der Waals surface area contributed by atoms with Crippen LogP contribution in [0.4, 0.5) is 0 Å². The number of nitrogens with one attached hydrogen (secondary N) is 2. The van der Waals surface area contributed by atoms with Crippen molar-refractivity contribution in [3.63, 3.8) is 0 Å². The highest BCUT2D eigenvalue weighted by molar-refractivity contribution is 5.81. The predicted molar refractivity (Wildman–Crippen MR) is 67.3 cm³/mol. The average Bonchev–Trinajstić information content (AvgIpc) is 2.28. The van der Waals surface area contributed by atoms with Gasteiger partial charge >= 0.3 is 0 Å². The van der Waals surface area contributed by atoms with Crippen molar-refractivity contribution in [2.24, 2.45) is 11.8 Å². The number of piperidine rings is 1. The Morgan fingerprint density at radius 3 is 2.88 bits per heavy atom. The molecule has 1 fully saturated rings. The maximum absolute atomic E-state index is 11.9. The molecule has 2 unspecified atom stereocenters. The highest BCUT2D eigenvalue weighted by Gasteiger charge is 2.25. The molecule has 16 heavy (non-hydrogen) atoms. The smallest absolute Gasteiger partial charge is 0.237 e. The molecule has 0 aliphatic carbocycles. The fourth-order valence-corrected chi connectivity index (χ4v) is 2.17. The molecule has 2 atom stereocenters. The molecule has 0 aromatic rings. The lowest BCUT2D eigenvalue weighted by atomic mass is 9.90. The van der Waals surface area contributed by atoms with Crippen molar-refractivity contribution in [3.8, 4) is 0 Å². The third-order valence-electron chi connectivity index (χ3n) is 3.43. The molecule has 1 amide bonds. The molecule has 3 heteroatoms. The van der Waals surface area contributed by atoms with E-state index in [1.807, 2.05) is 0 Å². The second-order valence-electron chi connectivity index (χ2n) is 5.28. The third kappa shape index (κ3) is 4.52. The van der Waals surface area contributed by atoms with Crippen LogP contribution in [-0.4, -0.2) is 25.0 Å². The van der Waals surface area contributed by atoms with E-state index in [0.29, 0.717) is 5.92 Å². The number of carbonyl (C=O) groups is 1. The van der Waals surface area contributed by atoms with Crippen molar-refractivity contribution in [1.29, 1.82) is 0 Å². The molecule has 0 aromatic heterocycles. The number of hydrogen-bond acceptors (Lipinski definition) is 2. The first kappa shape index (κ1) is 13.5. The van der Waals surface area contributed by atoms with Crippen LogP contribution >= 0.6 is 0 Å². The molecule has 0 bridgehead atoms. The Balaban J connectivity index is 2.24. The summed E-state index contributed by atoms with van der Waals surface area (Å²) in [4.78, 5) is 11.9. The summed E-state index contributed by atoms with van der Waals surface area (Å²) in [5.74, 6) is 1.57. The second kappa shape index (κ2) is 6.89. The maximum Gasteiger partial charge on any atom is 0.237 e. The van der Waals surface area contributed by atoms with Gasteiger partial charge in [-0.15, -0.1) is 0 Å². The lowest BCUT2D eigenvalue weighted by molar-refractivity contribution is -0.124. The van der Waals surface area contributed by atoms with Crippen LogP contribution in [0.25, 0.3) is 0 Å². The zero-order valence-corrected chi connectivity index (χ0v) is 10.9. The fraction of sp³-hybridized carbons (Fsp3) is 0.923. The normalized spacial score (nSPS) is 25.8. The summed E-state index contributed by atoms with van der Waals surface area (Å²) in [6.07, 6.45) is 4.48. The fourth-order valence-electron chi connectivity index (χ4n) is 2.17. The van der Waals surface area contributed by atoms with Crippen molar-refractivity contribution < 1.29 is 4.79 Å². The van der Waals surface area contributed by atoms with Gasteiger partial charge in [0.15, 0.2) is 0 Å². The van der Waals surface area contributed by atoms with Gasteiger partial charge in [-0.3, -0.25) is 4.79 Å². The predicted octanol–water partition coefficient (Wildman–Crippen LogP) is 1.93. The van der Waals surface area contributed by atoms with Gasteiger partial charge in [-0.25, -0.2) is 0 Å². The zero-order chi connectivity index (χ0) is 12.0. The topological polar surface area (TPSA) is 41.1 Å². The summed E-state index contributed by atoms with van der Waals surface area (Å²) >= 11 is 0. The highest BCUT2D eigenvalue weighted by Crippen LogP contribution is 2.19. The summed E-state index contributed by atoms with van der Waals surface area (Å²) < 4.78 is 0. The molecule has 0 radical (unpaired) electrons. The van der Waals surface area contributed by atoms with E-state index in [-0.39, 0.29) is 11.9 Å². The summed E-state index contributed by atoms with van der Waals surface area (Å²) in [6.45, 7) is 8.37. The number of carbonyl (C=O) groups excluding carboxylic acids is 1. The van der Waals surface area contributed by atoms with E-state index in [1.54, 1.807) is 0 Å². The minimum Gasteiger partial charge on any atom is -0.355 e. The van der Waals surface area contributed by atoms with Crippen molar-refractivity contribution in [2.75, 3.05) is 13.1 Å². The van der Waals surface area contributed by atoms with Crippen molar-refractivity contribution in [1.82, 2.24) is 10.6 Å². The molecule has 94 valence electrons. The number of hydrogen-bond donors (Lipinski definition) is 2. The molecule has 0 aromatic carbocycles. The SMILES string of the molecule is CCC1CCNC(C(=O)NCCC(C)C)C1. The van der Waals surface area contributed by atoms with Gasteiger partial charge in [0.25, 0.3) is 0 Å². The Labute approximate surface area is 99.4 Å². The lowest BCUT2D eigenvalue weighted by Gasteiger charge is -2.28. The largest absolute Gasteiger partial charge is 0.355 e. The molecule has 3 nitrogen and oxygen atoms in total. The Bertz CT molecular complexity index is 216. The molecular formula is C13H26N2O. The standard InChI is InChI=1S/C13H26N2O/c1-4-11-6-8-14-12(9-11)13(16)15-7-5-10(2)3/h10-12,14H,4-9H2,1-3H3,(H,15,16). The zero-order valence-electron chi connectivity index (χ0n) is 10.9. The van der Waals surface area contributed by atoms with Gasteiger partial charge in [0.1, 0.15) is 0 Å². The van der Waals surface area contributed by atoms with Crippen LogP contribution in [0.5, 0.6) is 0 Å². The van der Waals surface area contributed by atoms with Gasteiger partial charge in [-0.05, 0) is 37.6 Å². The van der Waals surface area contributed by atoms with Crippen LogP contribution in [0.3, 0.4) is 0 Å². The Morgan fingerprint density at radius 2 is 2.25 bits per heavy atom. The van der Waals surface area contributed by atoms with Crippen LogP contribution in [0.1, 0.15) is 46.5 Å². The highest BCUT2D eigenvalue weighted by atomic mass is 16.2. The summed E-state index contributed by atoms with van der Waals surface area (Å²) in [5, 5.41) is 6.34. The van der Waals surface area contributed by atoms with E-state index in [2.05, 4.69) is 31.4 Å². The first-order chi connectivity index (χ1) is 7.63. The van der Waals surface area contributed by atoms with Gasteiger partial charge in [-0.2, -0.15) is 0 Å². The van der Waals surface area contributed by atoms with Gasteiger partial charge in [0.2, 0.25) is 5.91 Å². The molecule has 1 saturated heterocycles. The third-order valence-corrected chi connectivity index (χ3v) is 3.43. The van der Waals surface area contributed by atoms with Crippen LogP contribution < -0.4 is 10.6 Å². The van der Waals surface area contributed by atoms with Crippen molar-refractivity contribution >= 4 is 5.91 Å². The van der Waals surface area contributed by atoms with Crippen LogP contribution in [0.2, 0.25) is 0 Å².